The van der Waals surface area contributed by atoms with Crippen molar-refractivity contribution >= 4 is 21.9 Å². The highest BCUT2D eigenvalue weighted by atomic mass is 79.9. The first-order valence-electron chi connectivity index (χ1n) is 5.40. The summed E-state index contributed by atoms with van der Waals surface area (Å²) < 4.78 is 40.9. The predicted octanol–water partition coefficient (Wildman–Crippen LogP) is 3.27. The lowest BCUT2D eigenvalue weighted by molar-refractivity contribution is -0.179. The molecule has 0 saturated heterocycles. The Hall–Kier alpha value is -1.08. The fraction of sp³-hybridized carbons (Fsp3) is 0.417. The van der Waals surface area contributed by atoms with Crippen molar-refractivity contribution in [2.45, 2.75) is 12.6 Å². The lowest BCUT2D eigenvalue weighted by atomic mass is 10.0. The second kappa shape index (κ2) is 6.91. The Morgan fingerprint density at radius 3 is 2.53 bits per heavy atom. The molecular weight excluding hydrogens is 329 g/mol. The summed E-state index contributed by atoms with van der Waals surface area (Å²) in [5.41, 5.74) is 0.713. The van der Waals surface area contributed by atoms with E-state index in [1.54, 1.807) is 24.3 Å². The summed E-state index contributed by atoms with van der Waals surface area (Å²) >= 11 is 3.26. The molecule has 0 radical (unpaired) electrons. The van der Waals surface area contributed by atoms with Gasteiger partial charge in [0.2, 0.25) is 0 Å². The van der Waals surface area contributed by atoms with Crippen molar-refractivity contribution in [1.82, 2.24) is 0 Å². The number of carbonyl (C=O) groups is 1. The normalized spacial score (nSPS) is 13.3. The molecule has 1 N–H and O–H groups in total. The lowest BCUT2D eigenvalue weighted by Gasteiger charge is -2.14. The van der Waals surface area contributed by atoms with E-state index in [9.17, 15) is 18.0 Å². The molecular formula is C12H12BrF3O3. The lowest BCUT2D eigenvalue weighted by Crippen LogP contribution is -2.26. The average Bonchev–Trinajstić information content (AvgIpc) is 2.28. The van der Waals surface area contributed by atoms with E-state index >= 15 is 0 Å². The third-order valence-corrected chi connectivity index (χ3v) is 3.13. The summed E-state index contributed by atoms with van der Waals surface area (Å²) in [5, 5.41) is 8.98. The zero-order chi connectivity index (χ0) is 14.5. The molecule has 0 spiro atoms. The summed E-state index contributed by atoms with van der Waals surface area (Å²) in [6, 6.07) is 6.95. The number of ether oxygens (including phenoxy) is 1. The van der Waals surface area contributed by atoms with Crippen molar-refractivity contribution in [3.8, 4) is 0 Å². The third-order valence-electron chi connectivity index (χ3n) is 2.36. The Balaban J connectivity index is 2.59. The molecule has 0 fully saturated rings. The number of halogens is 4. The maximum atomic E-state index is 11.9. The van der Waals surface area contributed by atoms with E-state index < -0.39 is 31.3 Å². The SMILES string of the molecule is O=C(O)C(COCC(F)(F)F)Cc1ccccc1Br. The zero-order valence-corrected chi connectivity index (χ0v) is 11.4. The molecule has 1 rings (SSSR count). The number of hydrogen-bond acceptors (Lipinski definition) is 2. The molecule has 3 nitrogen and oxygen atoms in total. The van der Waals surface area contributed by atoms with Crippen LogP contribution in [-0.2, 0) is 16.0 Å². The largest absolute Gasteiger partial charge is 0.481 e. The standard InChI is InChI=1S/C12H12BrF3O3/c13-10-4-2-1-3-8(10)5-9(11(17)18)6-19-7-12(14,15)16/h1-4,9H,5-7H2,(H,17,18). The second-order valence-electron chi connectivity index (χ2n) is 3.96. The van der Waals surface area contributed by atoms with Crippen LogP contribution in [0, 0.1) is 5.92 Å². The van der Waals surface area contributed by atoms with Crippen molar-refractivity contribution in [1.29, 1.82) is 0 Å². The fourth-order valence-electron chi connectivity index (χ4n) is 1.46. The van der Waals surface area contributed by atoms with Gasteiger partial charge >= 0.3 is 12.1 Å². The number of aliphatic carboxylic acids is 1. The van der Waals surface area contributed by atoms with E-state index in [-0.39, 0.29) is 6.42 Å². The molecule has 1 unspecified atom stereocenters. The van der Waals surface area contributed by atoms with Crippen LogP contribution in [0.2, 0.25) is 0 Å². The first kappa shape index (κ1) is 16.0. The molecule has 0 bridgehead atoms. The van der Waals surface area contributed by atoms with Crippen molar-refractivity contribution < 1.29 is 27.8 Å². The van der Waals surface area contributed by atoms with Crippen LogP contribution in [0.1, 0.15) is 5.56 Å². The van der Waals surface area contributed by atoms with Crippen molar-refractivity contribution in [3.63, 3.8) is 0 Å². The Kier molecular flexibility index (Phi) is 5.81. The molecule has 1 atom stereocenters. The maximum absolute atomic E-state index is 11.9. The highest BCUT2D eigenvalue weighted by Crippen LogP contribution is 2.21. The molecule has 0 saturated carbocycles. The van der Waals surface area contributed by atoms with Gasteiger partial charge in [0, 0.05) is 4.47 Å². The average molecular weight is 341 g/mol. The van der Waals surface area contributed by atoms with E-state index in [1.165, 1.54) is 0 Å². The van der Waals surface area contributed by atoms with Gasteiger partial charge in [-0.25, -0.2) is 0 Å². The van der Waals surface area contributed by atoms with Crippen LogP contribution in [0.5, 0.6) is 0 Å². The van der Waals surface area contributed by atoms with Crippen LogP contribution in [0.3, 0.4) is 0 Å². The van der Waals surface area contributed by atoms with Gasteiger partial charge < -0.3 is 9.84 Å². The van der Waals surface area contributed by atoms with E-state index in [4.69, 9.17) is 5.11 Å². The minimum atomic E-state index is -4.45. The van der Waals surface area contributed by atoms with Gasteiger partial charge in [-0.05, 0) is 18.1 Å². The molecule has 1 aromatic rings. The van der Waals surface area contributed by atoms with Crippen molar-refractivity contribution in [2.24, 2.45) is 5.92 Å². The van der Waals surface area contributed by atoms with Gasteiger partial charge in [-0.15, -0.1) is 0 Å². The van der Waals surface area contributed by atoms with Gasteiger partial charge in [-0.2, -0.15) is 13.2 Å². The number of carboxylic acid groups (broad SMARTS) is 1. The van der Waals surface area contributed by atoms with Crippen LogP contribution >= 0.6 is 15.9 Å². The van der Waals surface area contributed by atoms with Crippen LogP contribution in [-0.4, -0.2) is 30.5 Å². The van der Waals surface area contributed by atoms with Crippen molar-refractivity contribution in [3.05, 3.63) is 34.3 Å². The molecule has 19 heavy (non-hydrogen) atoms. The molecule has 0 aliphatic carbocycles. The molecule has 7 heteroatoms. The topological polar surface area (TPSA) is 46.5 Å². The van der Waals surface area contributed by atoms with Crippen LogP contribution in [0.4, 0.5) is 13.2 Å². The summed E-state index contributed by atoms with van der Waals surface area (Å²) in [7, 11) is 0. The van der Waals surface area contributed by atoms with Crippen molar-refractivity contribution in [2.75, 3.05) is 13.2 Å². The smallest absolute Gasteiger partial charge is 0.411 e. The minimum Gasteiger partial charge on any atom is -0.481 e. The molecule has 0 aliphatic rings. The minimum absolute atomic E-state index is 0.106. The first-order chi connectivity index (χ1) is 8.79. The summed E-state index contributed by atoms with van der Waals surface area (Å²) in [6.07, 6.45) is -4.34. The number of hydrogen-bond donors (Lipinski definition) is 1. The monoisotopic (exact) mass is 340 g/mol. The molecule has 0 heterocycles. The first-order valence-corrected chi connectivity index (χ1v) is 6.19. The highest BCUT2D eigenvalue weighted by Gasteiger charge is 2.29. The molecule has 0 aliphatic heterocycles. The Morgan fingerprint density at radius 2 is 2.00 bits per heavy atom. The quantitative estimate of drug-likeness (QED) is 0.864. The number of benzene rings is 1. The number of alkyl halides is 3. The van der Waals surface area contributed by atoms with Gasteiger partial charge in [-0.3, -0.25) is 4.79 Å². The maximum Gasteiger partial charge on any atom is 0.411 e. The number of carboxylic acids is 1. The second-order valence-corrected chi connectivity index (χ2v) is 4.82. The van der Waals surface area contributed by atoms with Gasteiger partial charge in [0.05, 0.1) is 12.5 Å². The van der Waals surface area contributed by atoms with Gasteiger partial charge in [-0.1, -0.05) is 34.1 Å². The summed E-state index contributed by atoms with van der Waals surface area (Å²) in [5.74, 6) is -2.20. The summed E-state index contributed by atoms with van der Waals surface area (Å²) in [4.78, 5) is 11.0. The summed E-state index contributed by atoms with van der Waals surface area (Å²) in [6.45, 7) is -1.91. The molecule has 1 aromatic carbocycles. The molecule has 0 aromatic heterocycles. The molecule has 106 valence electrons. The van der Waals surface area contributed by atoms with Crippen LogP contribution in [0.15, 0.2) is 28.7 Å². The van der Waals surface area contributed by atoms with Gasteiger partial charge in [0.25, 0.3) is 0 Å². The van der Waals surface area contributed by atoms with E-state index in [0.717, 1.165) is 4.47 Å². The molecule has 0 amide bonds. The Bertz CT molecular complexity index is 434. The fourth-order valence-corrected chi connectivity index (χ4v) is 1.91. The number of rotatable bonds is 6. The Labute approximate surface area is 116 Å². The van der Waals surface area contributed by atoms with E-state index in [1.807, 2.05) is 0 Å². The van der Waals surface area contributed by atoms with E-state index in [0.29, 0.717) is 5.56 Å². The van der Waals surface area contributed by atoms with Crippen LogP contribution < -0.4 is 0 Å². The zero-order valence-electron chi connectivity index (χ0n) is 9.78. The third kappa shape index (κ3) is 6.07. The van der Waals surface area contributed by atoms with Crippen LogP contribution in [0.25, 0.3) is 0 Å². The van der Waals surface area contributed by atoms with E-state index in [2.05, 4.69) is 20.7 Å². The predicted molar refractivity (Wildman–Crippen MR) is 65.8 cm³/mol. The highest BCUT2D eigenvalue weighted by molar-refractivity contribution is 9.10. The van der Waals surface area contributed by atoms with Gasteiger partial charge in [0.15, 0.2) is 0 Å². The van der Waals surface area contributed by atoms with Gasteiger partial charge in [0.1, 0.15) is 6.61 Å². The Morgan fingerprint density at radius 1 is 1.37 bits per heavy atom.